The van der Waals surface area contributed by atoms with E-state index in [1.54, 1.807) is 0 Å². The summed E-state index contributed by atoms with van der Waals surface area (Å²) in [5.41, 5.74) is 3.43. The molecule has 2 saturated heterocycles. The summed E-state index contributed by atoms with van der Waals surface area (Å²) in [6, 6.07) is 1.01. The summed E-state index contributed by atoms with van der Waals surface area (Å²) in [6.45, 7) is 6.02. The Hall–Kier alpha value is -0.610. The predicted octanol–water partition coefficient (Wildman–Crippen LogP) is 0.602. The Kier molecular flexibility index (Phi) is 2.04. The normalized spacial score (nSPS) is 42.5. The van der Waals surface area contributed by atoms with Gasteiger partial charge in [-0.1, -0.05) is 13.3 Å². The van der Waals surface area contributed by atoms with Crippen LogP contribution in [-0.4, -0.2) is 35.8 Å². The van der Waals surface area contributed by atoms with E-state index >= 15 is 0 Å². The number of urea groups is 1. The number of fused-ring (bicyclic) bond motifs is 2. The van der Waals surface area contributed by atoms with Gasteiger partial charge >= 0.3 is 6.03 Å². The first kappa shape index (κ1) is 8.97. The number of amides is 2. The molecule has 2 heterocycles. The molecule has 74 valence electrons. The van der Waals surface area contributed by atoms with Crippen LogP contribution in [0, 0.1) is 0 Å². The second kappa shape index (κ2) is 2.96. The molecule has 2 fully saturated rings. The van der Waals surface area contributed by atoms with Crippen LogP contribution in [0.15, 0.2) is 0 Å². The number of quaternary nitrogens is 1. The third kappa shape index (κ3) is 1.16. The third-order valence-electron chi connectivity index (χ3n) is 3.24. The largest absolute Gasteiger partial charge is 0.436 e. The fraction of sp³-hybridized carbons (Fsp3) is 0.889. The van der Waals surface area contributed by atoms with E-state index in [9.17, 15) is 4.79 Å². The van der Waals surface area contributed by atoms with Crippen LogP contribution in [0.2, 0.25) is 0 Å². The highest BCUT2D eigenvalue weighted by molar-refractivity contribution is 5.70. The van der Waals surface area contributed by atoms with E-state index in [2.05, 4.69) is 24.6 Å². The van der Waals surface area contributed by atoms with Crippen molar-refractivity contribution in [2.24, 2.45) is 0 Å². The van der Waals surface area contributed by atoms with Gasteiger partial charge in [-0.15, -0.1) is 0 Å². The molecule has 13 heavy (non-hydrogen) atoms. The lowest BCUT2D eigenvalue weighted by molar-refractivity contribution is -0.876. The molecule has 0 spiro atoms. The summed E-state index contributed by atoms with van der Waals surface area (Å²) in [7, 11) is 0. The molecule has 0 aromatic carbocycles. The van der Waals surface area contributed by atoms with Crippen LogP contribution in [0.5, 0.6) is 0 Å². The van der Waals surface area contributed by atoms with E-state index in [0.29, 0.717) is 16.7 Å². The molecule has 0 radical (unpaired) electrons. The Morgan fingerprint density at radius 2 is 2.31 bits per heavy atom. The molecule has 3 atom stereocenters. The Labute approximate surface area is 78.8 Å². The van der Waals surface area contributed by atoms with Crippen molar-refractivity contribution in [1.82, 2.24) is 10.7 Å². The maximum atomic E-state index is 11.5. The average Bonchev–Trinajstić information content (AvgIpc) is 2.60. The van der Waals surface area contributed by atoms with Gasteiger partial charge in [0.25, 0.3) is 0 Å². The van der Waals surface area contributed by atoms with Gasteiger partial charge in [-0.2, -0.15) is 10.0 Å². The summed E-state index contributed by atoms with van der Waals surface area (Å²) >= 11 is 0. The standard InChI is InChI=1S/C9H17N3O/c1-3-5-7-8-6-12(4-2,11-7)9(13)10-8/h7-8,11H,3-6H2,1-2H3/p+1. The lowest BCUT2D eigenvalue weighted by Crippen LogP contribution is -2.63. The van der Waals surface area contributed by atoms with Crippen molar-refractivity contribution in [3.8, 4) is 0 Å². The first-order valence-corrected chi connectivity index (χ1v) is 5.18. The lowest BCUT2D eigenvalue weighted by Gasteiger charge is -2.29. The van der Waals surface area contributed by atoms with Crippen molar-refractivity contribution in [2.75, 3.05) is 13.1 Å². The second-order valence-electron chi connectivity index (χ2n) is 4.05. The van der Waals surface area contributed by atoms with E-state index in [-0.39, 0.29) is 6.03 Å². The maximum absolute atomic E-state index is 11.5. The number of hydrogen-bond donors (Lipinski definition) is 2. The molecule has 2 rings (SSSR count). The molecule has 3 unspecified atom stereocenters. The molecule has 2 bridgehead atoms. The molecule has 2 aliphatic rings. The molecule has 0 aromatic rings. The van der Waals surface area contributed by atoms with Crippen molar-refractivity contribution in [1.29, 1.82) is 0 Å². The van der Waals surface area contributed by atoms with Crippen LogP contribution in [-0.2, 0) is 0 Å². The summed E-state index contributed by atoms with van der Waals surface area (Å²) in [4.78, 5) is 11.5. The quantitative estimate of drug-likeness (QED) is 0.631. The molecule has 4 heteroatoms. The summed E-state index contributed by atoms with van der Waals surface area (Å²) in [5.74, 6) is 0. The number of nitrogens with one attached hydrogen (secondary N) is 2. The summed E-state index contributed by atoms with van der Waals surface area (Å²) < 4.78 is 0.454. The number of carbonyl (C=O) groups excluding carboxylic acids is 1. The van der Waals surface area contributed by atoms with Crippen LogP contribution >= 0.6 is 0 Å². The maximum Gasteiger partial charge on any atom is 0.436 e. The smallest absolute Gasteiger partial charge is 0.294 e. The minimum absolute atomic E-state index is 0.153. The van der Waals surface area contributed by atoms with E-state index in [1.165, 1.54) is 6.42 Å². The van der Waals surface area contributed by atoms with Crippen molar-refractivity contribution in [2.45, 2.75) is 38.8 Å². The summed E-state index contributed by atoms with van der Waals surface area (Å²) in [6.07, 6.45) is 2.33. The highest BCUT2D eigenvalue weighted by Gasteiger charge is 2.56. The third-order valence-corrected chi connectivity index (χ3v) is 3.24. The van der Waals surface area contributed by atoms with Gasteiger partial charge in [0, 0.05) is 0 Å². The van der Waals surface area contributed by atoms with Crippen molar-refractivity contribution in [3.05, 3.63) is 0 Å². The monoisotopic (exact) mass is 184 g/mol. The van der Waals surface area contributed by atoms with Gasteiger partial charge in [0.15, 0.2) is 0 Å². The minimum atomic E-state index is 0.153. The number of nitrogens with zero attached hydrogens (tertiary/aromatic N) is 1. The van der Waals surface area contributed by atoms with E-state index in [0.717, 1.165) is 19.5 Å². The van der Waals surface area contributed by atoms with Crippen LogP contribution in [0.4, 0.5) is 4.79 Å². The van der Waals surface area contributed by atoms with Gasteiger partial charge in [-0.25, -0.2) is 4.79 Å². The molecular formula is C9H18N3O+. The molecular weight excluding hydrogens is 166 g/mol. The molecule has 0 saturated carbocycles. The zero-order valence-corrected chi connectivity index (χ0v) is 8.34. The Morgan fingerprint density at radius 1 is 1.54 bits per heavy atom. The van der Waals surface area contributed by atoms with E-state index in [1.807, 2.05) is 0 Å². The number of rotatable bonds is 3. The second-order valence-corrected chi connectivity index (χ2v) is 4.05. The number of hydrogen-bond acceptors (Lipinski definition) is 2. The van der Waals surface area contributed by atoms with Gasteiger partial charge < -0.3 is 0 Å². The Bertz CT molecular complexity index is 231. The number of likely N-dealkylation sites (N-methyl/N-ethyl adjacent to an activating group) is 1. The topological polar surface area (TPSA) is 41.1 Å². The first-order valence-electron chi connectivity index (χ1n) is 5.18. The molecule has 4 nitrogen and oxygen atoms in total. The Balaban J connectivity index is 2.10. The van der Waals surface area contributed by atoms with E-state index < -0.39 is 0 Å². The minimum Gasteiger partial charge on any atom is -0.294 e. The highest BCUT2D eigenvalue weighted by atomic mass is 16.2. The fourth-order valence-electron chi connectivity index (χ4n) is 2.43. The molecule has 2 N–H and O–H groups in total. The van der Waals surface area contributed by atoms with Crippen LogP contribution in [0.1, 0.15) is 26.7 Å². The van der Waals surface area contributed by atoms with Crippen LogP contribution < -0.4 is 10.7 Å². The first-order chi connectivity index (χ1) is 6.22. The van der Waals surface area contributed by atoms with Gasteiger partial charge in [-0.05, 0) is 13.3 Å². The molecule has 0 aliphatic carbocycles. The predicted molar refractivity (Wildman–Crippen MR) is 49.8 cm³/mol. The van der Waals surface area contributed by atoms with Crippen LogP contribution in [0.25, 0.3) is 0 Å². The van der Waals surface area contributed by atoms with Crippen molar-refractivity contribution >= 4 is 6.03 Å². The van der Waals surface area contributed by atoms with Crippen molar-refractivity contribution in [3.63, 3.8) is 0 Å². The van der Waals surface area contributed by atoms with Gasteiger partial charge in [0.05, 0.1) is 6.04 Å². The SMILES string of the molecule is CCCC1N[N+]2(CC)CC1NC2=O. The van der Waals surface area contributed by atoms with Crippen molar-refractivity contribution < 1.29 is 9.39 Å². The molecule has 0 aromatic heterocycles. The highest BCUT2D eigenvalue weighted by Crippen LogP contribution is 2.25. The average molecular weight is 184 g/mol. The van der Waals surface area contributed by atoms with Gasteiger partial charge in [-0.3, -0.25) is 5.32 Å². The molecule has 2 amide bonds. The van der Waals surface area contributed by atoms with Crippen LogP contribution in [0.3, 0.4) is 0 Å². The lowest BCUT2D eigenvalue weighted by atomic mass is 10.1. The summed E-state index contributed by atoms with van der Waals surface area (Å²) in [5, 5.41) is 3.05. The molecule has 2 aliphatic heterocycles. The Morgan fingerprint density at radius 3 is 2.85 bits per heavy atom. The van der Waals surface area contributed by atoms with Gasteiger partial charge in [0.1, 0.15) is 19.1 Å². The van der Waals surface area contributed by atoms with Gasteiger partial charge in [0.2, 0.25) is 0 Å². The zero-order valence-electron chi connectivity index (χ0n) is 8.34. The van der Waals surface area contributed by atoms with E-state index in [4.69, 9.17) is 0 Å². The fourth-order valence-corrected chi connectivity index (χ4v) is 2.43. The zero-order chi connectivity index (χ0) is 9.47. The number of carbonyl (C=O) groups is 1.